The topological polar surface area (TPSA) is 21.7 Å². The van der Waals surface area contributed by atoms with E-state index >= 15 is 0 Å². The maximum atomic E-state index is 5.72. The van der Waals surface area contributed by atoms with Crippen LogP contribution in [0.3, 0.4) is 0 Å². The summed E-state index contributed by atoms with van der Waals surface area (Å²) in [7, 11) is 3.75. The first-order valence-electron chi connectivity index (χ1n) is 7.45. The molecule has 0 aliphatic carbocycles. The van der Waals surface area contributed by atoms with Crippen molar-refractivity contribution in [1.29, 1.82) is 0 Å². The van der Waals surface area contributed by atoms with Crippen molar-refractivity contribution in [3.05, 3.63) is 66.2 Å². The number of likely N-dealkylation sites (N-methyl/N-ethyl adjacent to an activating group) is 1. The molecule has 0 unspecified atom stereocenters. The zero-order valence-electron chi connectivity index (χ0n) is 13.2. The lowest BCUT2D eigenvalue weighted by atomic mass is 10.2. The Bertz CT molecular complexity index is 564. The van der Waals surface area contributed by atoms with E-state index in [1.807, 2.05) is 42.5 Å². The Kier molecular flexibility index (Phi) is 6.52. The average molecular weight is 297 g/mol. The van der Waals surface area contributed by atoms with Gasteiger partial charge in [0.05, 0.1) is 7.11 Å². The maximum Gasteiger partial charge on any atom is 0.119 e. The first kappa shape index (κ1) is 16.1. The second kappa shape index (κ2) is 8.90. The van der Waals surface area contributed by atoms with Gasteiger partial charge in [-0.15, -0.1) is 0 Å². The Hall–Kier alpha value is -2.26. The van der Waals surface area contributed by atoms with Gasteiger partial charge in [-0.3, -0.25) is 4.90 Å². The van der Waals surface area contributed by atoms with Crippen LogP contribution < -0.4 is 9.47 Å². The summed E-state index contributed by atoms with van der Waals surface area (Å²) in [5, 5.41) is 0. The fourth-order valence-corrected chi connectivity index (χ4v) is 2.02. The summed E-state index contributed by atoms with van der Waals surface area (Å²) >= 11 is 0. The summed E-state index contributed by atoms with van der Waals surface area (Å²) in [6.45, 7) is 2.45. The molecule has 2 rings (SSSR count). The summed E-state index contributed by atoms with van der Waals surface area (Å²) < 4.78 is 10.8. The molecule has 0 spiro atoms. The van der Waals surface area contributed by atoms with Gasteiger partial charge in [0.2, 0.25) is 0 Å². The first-order chi connectivity index (χ1) is 10.8. The monoisotopic (exact) mass is 297 g/mol. The Labute approximate surface area is 132 Å². The Morgan fingerprint density at radius 3 is 2.32 bits per heavy atom. The van der Waals surface area contributed by atoms with Crippen molar-refractivity contribution in [3.8, 4) is 11.5 Å². The van der Waals surface area contributed by atoms with Gasteiger partial charge in [0.25, 0.3) is 0 Å². The van der Waals surface area contributed by atoms with Crippen molar-refractivity contribution in [3.63, 3.8) is 0 Å². The lowest BCUT2D eigenvalue weighted by molar-refractivity contribution is 0.249. The number of hydrogen-bond acceptors (Lipinski definition) is 3. The molecule has 0 heterocycles. The van der Waals surface area contributed by atoms with Gasteiger partial charge < -0.3 is 9.47 Å². The van der Waals surface area contributed by atoms with E-state index < -0.39 is 0 Å². The predicted molar refractivity (Wildman–Crippen MR) is 91.5 cm³/mol. The summed E-state index contributed by atoms with van der Waals surface area (Å²) in [4.78, 5) is 2.23. The van der Waals surface area contributed by atoms with E-state index in [-0.39, 0.29) is 0 Å². The van der Waals surface area contributed by atoms with Crippen LogP contribution in [0.25, 0.3) is 6.08 Å². The Morgan fingerprint density at radius 1 is 0.955 bits per heavy atom. The summed E-state index contributed by atoms with van der Waals surface area (Å²) in [5.74, 6) is 1.71. The van der Waals surface area contributed by atoms with Crippen LogP contribution in [0, 0.1) is 0 Å². The molecule has 116 valence electrons. The number of methoxy groups -OCH3 is 1. The van der Waals surface area contributed by atoms with Gasteiger partial charge >= 0.3 is 0 Å². The minimum Gasteiger partial charge on any atom is -0.497 e. The quantitative estimate of drug-likeness (QED) is 0.741. The summed E-state index contributed by atoms with van der Waals surface area (Å²) in [6, 6.07) is 18.0. The number of nitrogens with zero attached hydrogens (tertiary/aromatic N) is 1. The lowest BCUT2D eigenvalue weighted by Crippen LogP contribution is -2.24. The van der Waals surface area contributed by atoms with E-state index in [4.69, 9.17) is 9.47 Å². The van der Waals surface area contributed by atoms with Crippen molar-refractivity contribution in [2.45, 2.75) is 0 Å². The van der Waals surface area contributed by atoms with Gasteiger partial charge in [-0.1, -0.05) is 42.5 Å². The zero-order chi connectivity index (χ0) is 15.6. The fraction of sp³-hybridized carbons (Fsp3) is 0.263. The first-order valence-corrected chi connectivity index (χ1v) is 7.45. The lowest BCUT2D eigenvalue weighted by Gasteiger charge is -2.15. The van der Waals surface area contributed by atoms with Crippen LogP contribution in [0.1, 0.15) is 5.56 Å². The maximum absolute atomic E-state index is 5.72. The van der Waals surface area contributed by atoms with Gasteiger partial charge in [0, 0.05) is 13.1 Å². The van der Waals surface area contributed by atoms with E-state index in [0.29, 0.717) is 6.61 Å². The molecule has 3 heteroatoms. The second-order valence-electron chi connectivity index (χ2n) is 5.10. The molecule has 0 radical (unpaired) electrons. The van der Waals surface area contributed by atoms with Crippen LogP contribution in [0.4, 0.5) is 0 Å². The Morgan fingerprint density at radius 2 is 1.64 bits per heavy atom. The highest BCUT2D eigenvalue weighted by molar-refractivity contribution is 5.48. The van der Waals surface area contributed by atoms with Crippen LogP contribution in [0.5, 0.6) is 11.5 Å². The molecule has 0 N–H and O–H groups in total. The Balaban J connectivity index is 1.67. The molecule has 0 atom stereocenters. The standard InChI is InChI=1S/C19H23NO2/c1-20(14-6-9-17-7-4-3-5-8-17)15-16-22-19-12-10-18(21-2)11-13-19/h3-13H,14-16H2,1-2H3/b9-6+. The molecule has 0 aliphatic heterocycles. The molecule has 2 aromatic carbocycles. The molecule has 0 amide bonds. The summed E-state index contributed by atoms with van der Waals surface area (Å²) in [5.41, 5.74) is 1.23. The third-order valence-corrected chi connectivity index (χ3v) is 3.33. The van der Waals surface area contributed by atoms with Crippen LogP contribution >= 0.6 is 0 Å². The number of benzene rings is 2. The van der Waals surface area contributed by atoms with E-state index in [0.717, 1.165) is 24.6 Å². The normalized spacial score (nSPS) is 11.0. The SMILES string of the molecule is COc1ccc(OCCN(C)C/C=C/c2ccccc2)cc1. The van der Waals surface area contributed by atoms with Crippen LogP contribution in [0.2, 0.25) is 0 Å². The van der Waals surface area contributed by atoms with Crippen LogP contribution in [0.15, 0.2) is 60.7 Å². The molecule has 0 aromatic heterocycles. The van der Waals surface area contributed by atoms with E-state index in [2.05, 4.69) is 36.2 Å². The number of ether oxygens (including phenoxy) is 2. The zero-order valence-corrected chi connectivity index (χ0v) is 13.2. The molecule has 0 fully saturated rings. The predicted octanol–water partition coefficient (Wildman–Crippen LogP) is 3.72. The van der Waals surface area contributed by atoms with E-state index in [9.17, 15) is 0 Å². The molecular weight excluding hydrogens is 274 g/mol. The molecule has 22 heavy (non-hydrogen) atoms. The van der Waals surface area contributed by atoms with Crippen LogP contribution in [-0.2, 0) is 0 Å². The molecular formula is C19H23NO2. The second-order valence-corrected chi connectivity index (χ2v) is 5.10. The highest BCUT2D eigenvalue weighted by Crippen LogP contribution is 2.16. The fourth-order valence-electron chi connectivity index (χ4n) is 2.02. The van der Waals surface area contributed by atoms with Crippen molar-refractivity contribution < 1.29 is 9.47 Å². The summed E-state index contributed by atoms with van der Waals surface area (Å²) in [6.07, 6.45) is 4.31. The number of hydrogen-bond donors (Lipinski definition) is 0. The van der Waals surface area contributed by atoms with Gasteiger partial charge in [-0.25, -0.2) is 0 Å². The van der Waals surface area contributed by atoms with Gasteiger partial charge in [0.15, 0.2) is 0 Å². The molecule has 2 aromatic rings. The average Bonchev–Trinajstić information content (AvgIpc) is 2.56. The molecule has 0 bridgehead atoms. The molecule has 0 aliphatic rings. The van der Waals surface area contributed by atoms with Crippen LogP contribution in [-0.4, -0.2) is 38.8 Å². The third kappa shape index (κ3) is 5.62. The minimum atomic E-state index is 0.669. The van der Waals surface area contributed by atoms with Gasteiger partial charge in [-0.05, 0) is 36.9 Å². The third-order valence-electron chi connectivity index (χ3n) is 3.33. The smallest absolute Gasteiger partial charge is 0.119 e. The minimum absolute atomic E-state index is 0.669. The van der Waals surface area contributed by atoms with Crippen molar-refractivity contribution >= 4 is 6.08 Å². The highest BCUT2D eigenvalue weighted by Gasteiger charge is 1.98. The van der Waals surface area contributed by atoms with Crippen molar-refractivity contribution in [2.24, 2.45) is 0 Å². The highest BCUT2D eigenvalue weighted by atomic mass is 16.5. The van der Waals surface area contributed by atoms with Gasteiger partial charge in [0.1, 0.15) is 18.1 Å². The van der Waals surface area contributed by atoms with Gasteiger partial charge in [-0.2, -0.15) is 0 Å². The van der Waals surface area contributed by atoms with Crippen molar-refractivity contribution in [1.82, 2.24) is 4.90 Å². The number of rotatable bonds is 8. The molecule has 0 saturated carbocycles. The molecule has 3 nitrogen and oxygen atoms in total. The van der Waals surface area contributed by atoms with E-state index in [1.54, 1.807) is 7.11 Å². The van der Waals surface area contributed by atoms with E-state index in [1.165, 1.54) is 5.56 Å². The largest absolute Gasteiger partial charge is 0.497 e. The van der Waals surface area contributed by atoms with Crippen molar-refractivity contribution in [2.75, 3.05) is 33.9 Å². The molecule has 0 saturated heterocycles.